The van der Waals surface area contributed by atoms with E-state index in [0.717, 1.165) is 11.4 Å². The van der Waals surface area contributed by atoms with E-state index in [4.69, 9.17) is 11.6 Å². The number of hydrogen-bond acceptors (Lipinski definition) is 4. The molecule has 0 unspecified atom stereocenters. The average Bonchev–Trinajstić information content (AvgIpc) is 2.66. The highest BCUT2D eigenvalue weighted by molar-refractivity contribution is 6.31. The predicted octanol–water partition coefficient (Wildman–Crippen LogP) is 2.72. The van der Waals surface area contributed by atoms with Crippen molar-refractivity contribution in [2.45, 2.75) is 13.3 Å². The van der Waals surface area contributed by atoms with E-state index in [0.29, 0.717) is 36.9 Å². The molecule has 2 amide bonds. The van der Waals surface area contributed by atoms with Gasteiger partial charge in [-0.1, -0.05) is 23.7 Å². The number of hydrogen-bond donors (Lipinski definition) is 1. The molecule has 0 spiro atoms. The first kappa shape index (κ1) is 18.2. The smallest absolute Gasteiger partial charge is 0.233 e. The molecule has 1 fully saturated rings. The first-order valence-corrected chi connectivity index (χ1v) is 8.91. The number of piperazine rings is 1. The fourth-order valence-corrected chi connectivity index (χ4v) is 3.09. The van der Waals surface area contributed by atoms with Crippen LogP contribution in [0, 0.1) is 6.92 Å². The van der Waals surface area contributed by atoms with Gasteiger partial charge >= 0.3 is 0 Å². The summed E-state index contributed by atoms with van der Waals surface area (Å²) in [5.74, 6) is 0.421. The van der Waals surface area contributed by atoms with Crippen molar-refractivity contribution in [3.05, 3.63) is 53.2 Å². The molecule has 0 bridgehead atoms. The molecule has 2 heterocycles. The summed E-state index contributed by atoms with van der Waals surface area (Å²) in [7, 11) is 0. The van der Waals surface area contributed by atoms with Crippen LogP contribution in [0.25, 0.3) is 0 Å². The van der Waals surface area contributed by atoms with Crippen molar-refractivity contribution < 1.29 is 9.59 Å². The summed E-state index contributed by atoms with van der Waals surface area (Å²) < 4.78 is 0. The minimum Gasteiger partial charge on any atom is -0.353 e. The zero-order valence-electron chi connectivity index (χ0n) is 14.6. The van der Waals surface area contributed by atoms with Crippen molar-refractivity contribution in [1.29, 1.82) is 0 Å². The Kier molecular flexibility index (Phi) is 5.73. The molecular weight excluding hydrogens is 352 g/mol. The van der Waals surface area contributed by atoms with Gasteiger partial charge < -0.3 is 15.1 Å². The van der Waals surface area contributed by atoms with Crippen molar-refractivity contribution in [3.8, 4) is 0 Å². The lowest BCUT2D eigenvalue weighted by molar-refractivity contribution is -0.134. The molecule has 136 valence electrons. The Morgan fingerprint density at radius 2 is 1.88 bits per heavy atom. The topological polar surface area (TPSA) is 65.5 Å². The highest BCUT2D eigenvalue weighted by Gasteiger charge is 2.23. The molecule has 7 heteroatoms. The standard InChI is InChI=1S/C19H21ClN4O2/c1-14-15(20)5-4-6-16(14)22-18(25)13-19(26)24-11-9-23(10-12-24)17-7-2-3-8-21-17/h2-8H,9-13H2,1H3,(H,22,25). The van der Waals surface area contributed by atoms with E-state index in [2.05, 4.69) is 15.2 Å². The maximum Gasteiger partial charge on any atom is 0.233 e. The molecule has 1 aliphatic heterocycles. The van der Waals surface area contributed by atoms with Crippen LogP contribution in [0.2, 0.25) is 5.02 Å². The molecule has 0 atom stereocenters. The second-order valence-corrected chi connectivity index (χ2v) is 6.60. The highest BCUT2D eigenvalue weighted by atomic mass is 35.5. The van der Waals surface area contributed by atoms with Crippen LogP contribution in [0.5, 0.6) is 0 Å². The number of rotatable bonds is 4. The Bertz CT molecular complexity index is 789. The third-order valence-electron chi connectivity index (χ3n) is 4.46. The van der Waals surface area contributed by atoms with Gasteiger partial charge in [0.15, 0.2) is 0 Å². The zero-order chi connectivity index (χ0) is 18.5. The van der Waals surface area contributed by atoms with E-state index < -0.39 is 0 Å². The zero-order valence-corrected chi connectivity index (χ0v) is 15.4. The Labute approximate surface area is 157 Å². The Morgan fingerprint density at radius 3 is 2.58 bits per heavy atom. The van der Waals surface area contributed by atoms with Crippen LogP contribution >= 0.6 is 11.6 Å². The molecule has 1 aliphatic rings. The molecule has 6 nitrogen and oxygen atoms in total. The quantitative estimate of drug-likeness (QED) is 0.838. The van der Waals surface area contributed by atoms with Crippen LogP contribution in [0.15, 0.2) is 42.6 Å². The number of nitrogens with zero attached hydrogens (tertiary/aromatic N) is 3. The Hall–Kier alpha value is -2.60. The summed E-state index contributed by atoms with van der Waals surface area (Å²) >= 11 is 6.05. The average molecular weight is 373 g/mol. The van der Waals surface area contributed by atoms with Gasteiger partial charge in [-0.2, -0.15) is 0 Å². The minimum absolute atomic E-state index is 0.164. The number of amides is 2. The second-order valence-electron chi connectivity index (χ2n) is 6.19. The summed E-state index contributed by atoms with van der Waals surface area (Å²) in [6, 6.07) is 11.1. The molecule has 0 saturated carbocycles. The van der Waals surface area contributed by atoms with E-state index in [1.165, 1.54) is 0 Å². The molecule has 1 aromatic carbocycles. The van der Waals surface area contributed by atoms with Gasteiger partial charge in [0.05, 0.1) is 0 Å². The molecular formula is C19H21ClN4O2. The Morgan fingerprint density at radius 1 is 1.12 bits per heavy atom. The van der Waals surface area contributed by atoms with Gasteiger partial charge in [-0.3, -0.25) is 9.59 Å². The molecule has 2 aromatic rings. The Balaban J connectivity index is 1.51. The summed E-state index contributed by atoms with van der Waals surface area (Å²) in [6.45, 7) is 4.41. The van der Waals surface area contributed by atoms with Crippen LogP contribution in [0.4, 0.5) is 11.5 Å². The van der Waals surface area contributed by atoms with E-state index >= 15 is 0 Å². The summed E-state index contributed by atoms with van der Waals surface area (Å²) in [5, 5.41) is 3.35. The maximum atomic E-state index is 12.4. The fourth-order valence-electron chi connectivity index (χ4n) is 2.91. The summed E-state index contributed by atoms with van der Waals surface area (Å²) in [5.41, 5.74) is 1.43. The highest BCUT2D eigenvalue weighted by Crippen LogP contribution is 2.23. The van der Waals surface area contributed by atoms with Crippen LogP contribution in [0.3, 0.4) is 0 Å². The van der Waals surface area contributed by atoms with E-state index in [-0.39, 0.29) is 18.2 Å². The second kappa shape index (κ2) is 8.19. The molecule has 0 aliphatic carbocycles. The SMILES string of the molecule is Cc1c(Cl)cccc1NC(=O)CC(=O)N1CCN(c2ccccn2)CC1. The van der Waals surface area contributed by atoms with Gasteiger partial charge in [0.2, 0.25) is 11.8 Å². The van der Waals surface area contributed by atoms with Crippen LogP contribution in [0.1, 0.15) is 12.0 Å². The molecule has 3 rings (SSSR count). The van der Waals surface area contributed by atoms with Crippen molar-refractivity contribution in [1.82, 2.24) is 9.88 Å². The van der Waals surface area contributed by atoms with Gasteiger partial charge in [0.25, 0.3) is 0 Å². The van der Waals surface area contributed by atoms with Crippen LogP contribution in [-0.4, -0.2) is 47.9 Å². The first-order valence-electron chi connectivity index (χ1n) is 8.53. The maximum absolute atomic E-state index is 12.4. The van der Waals surface area contributed by atoms with Crippen molar-refractivity contribution in [2.24, 2.45) is 0 Å². The van der Waals surface area contributed by atoms with Gasteiger partial charge in [0.1, 0.15) is 12.2 Å². The van der Waals surface area contributed by atoms with E-state index in [1.54, 1.807) is 29.3 Å². The van der Waals surface area contributed by atoms with Gasteiger partial charge in [-0.25, -0.2) is 4.98 Å². The van der Waals surface area contributed by atoms with Crippen LogP contribution in [-0.2, 0) is 9.59 Å². The molecule has 0 radical (unpaired) electrons. The van der Waals surface area contributed by atoms with Crippen molar-refractivity contribution in [2.75, 3.05) is 36.4 Å². The third kappa shape index (κ3) is 4.32. The number of aromatic nitrogens is 1. The number of carbonyl (C=O) groups is 2. The molecule has 1 N–H and O–H groups in total. The number of benzene rings is 1. The lowest BCUT2D eigenvalue weighted by Gasteiger charge is -2.35. The number of halogens is 1. The fraction of sp³-hybridized carbons (Fsp3) is 0.316. The minimum atomic E-state index is -0.326. The number of pyridine rings is 1. The normalized spacial score (nSPS) is 14.2. The molecule has 1 aromatic heterocycles. The largest absolute Gasteiger partial charge is 0.353 e. The number of nitrogens with one attached hydrogen (secondary N) is 1. The summed E-state index contributed by atoms with van der Waals surface area (Å²) in [6.07, 6.45) is 1.59. The van der Waals surface area contributed by atoms with Gasteiger partial charge in [-0.15, -0.1) is 0 Å². The molecule has 26 heavy (non-hydrogen) atoms. The van der Waals surface area contributed by atoms with Gasteiger partial charge in [-0.05, 0) is 36.8 Å². The van der Waals surface area contributed by atoms with E-state index in [1.807, 2.05) is 25.1 Å². The summed E-state index contributed by atoms with van der Waals surface area (Å²) in [4.78, 5) is 32.8. The van der Waals surface area contributed by atoms with Crippen LogP contribution < -0.4 is 10.2 Å². The van der Waals surface area contributed by atoms with Gasteiger partial charge in [0, 0.05) is 43.1 Å². The van der Waals surface area contributed by atoms with Crippen molar-refractivity contribution >= 4 is 34.9 Å². The predicted molar refractivity (Wildman–Crippen MR) is 102 cm³/mol. The lowest BCUT2D eigenvalue weighted by Crippen LogP contribution is -2.49. The lowest BCUT2D eigenvalue weighted by atomic mass is 10.2. The van der Waals surface area contributed by atoms with E-state index in [9.17, 15) is 9.59 Å². The third-order valence-corrected chi connectivity index (χ3v) is 4.87. The monoisotopic (exact) mass is 372 g/mol. The van der Waals surface area contributed by atoms with Crippen molar-refractivity contribution in [3.63, 3.8) is 0 Å². The number of carbonyl (C=O) groups excluding carboxylic acids is 2. The first-order chi connectivity index (χ1) is 12.5. The molecule has 1 saturated heterocycles. The number of anilines is 2.